The second-order valence-electron chi connectivity index (χ2n) is 5.86. The maximum absolute atomic E-state index is 12.7. The lowest BCUT2D eigenvalue weighted by Crippen LogP contribution is -2.17. The molecule has 3 heterocycles. The largest absolute Gasteiger partial charge is 0.375 e. The molecule has 1 unspecified atom stereocenters. The van der Waals surface area contributed by atoms with Crippen LogP contribution >= 0.6 is 34.4 Å². The van der Waals surface area contributed by atoms with Gasteiger partial charge < -0.3 is 10.3 Å². The molecule has 0 aliphatic carbocycles. The minimum atomic E-state index is -0.100. The zero-order valence-corrected chi connectivity index (χ0v) is 16.7. The van der Waals surface area contributed by atoms with Crippen molar-refractivity contribution in [1.82, 2.24) is 9.97 Å². The Morgan fingerprint density at radius 2 is 2.12 bits per heavy atom. The van der Waals surface area contributed by atoms with Gasteiger partial charge in [0.05, 0.1) is 11.4 Å². The molecule has 0 spiro atoms. The SMILES string of the molecule is CSc1cccc(NC(C)c2nc3scc(-c4cccs4)c3c(=O)[nH]2)c1. The summed E-state index contributed by atoms with van der Waals surface area (Å²) in [5, 5.41) is 8.13. The van der Waals surface area contributed by atoms with Crippen molar-refractivity contribution in [2.75, 3.05) is 11.6 Å². The highest BCUT2D eigenvalue weighted by Gasteiger charge is 2.16. The van der Waals surface area contributed by atoms with Gasteiger partial charge in [0.1, 0.15) is 10.7 Å². The Bertz CT molecular complexity index is 1100. The summed E-state index contributed by atoms with van der Waals surface area (Å²) in [6.07, 6.45) is 2.05. The first kappa shape index (κ1) is 17.3. The summed E-state index contributed by atoms with van der Waals surface area (Å²) in [6, 6.07) is 12.1. The zero-order valence-electron chi connectivity index (χ0n) is 14.3. The van der Waals surface area contributed by atoms with Crippen molar-refractivity contribution in [3.8, 4) is 10.4 Å². The summed E-state index contributed by atoms with van der Waals surface area (Å²) in [5.41, 5.74) is 1.90. The average molecular weight is 400 g/mol. The predicted molar refractivity (Wildman–Crippen MR) is 114 cm³/mol. The third-order valence-corrected chi connectivity index (χ3v) is 6.61. The molecular weight excluding hydrogens is 382 g/mol. The Hall–Kier alpha value is -2.09. The Morgan fingerprint density at radius 1 is 1.23 bits per heavy atom. The number of H-pyrrole nitrogens is 1. The Kier molecular flexibility index (Phi) is 4.84. The predicted octanol–water partition coefficient (Wildman–Crippen LogP) is 5.61. The number of hydrogen-bond donors (Lipinski definition) is 2. The highest BCUT2D eigenvalue weighted by molar-refractivity contribution is 7.98. The Balaban J connectivity index is 1.68. The van der Waals surface area contributed by atoms with Crippen molar-refractivity contribution in [3.05, 3.63) is 63.3 Å². The lowest BCUT2D eigenvalue weighted by Gasteiger charge is -2.15. The van der Waals surface area contributed by atoms with E-state index in [1.54, 1.807) is 23.1 Å². The summed E-state index contributed by atoms with van der Waals surface area (Å²) in [5.74, 6) is 0.650. The number of hydrogen-bond acceptors (Lipinski definition) is 6. The molecule has 0 aliphatic heterocycles. The first-order chi connectivity index (χ1) is 12.7. The van der Waals surface area contributed by atoms with Gasteiger partial charge in [-0.2, -0.15) is 0 Å². The van der Waals surface area contributed by atoms with Crippen LogP contribution in [-0.2, 0) is 0 Å². The first-order valence-corrected chi connectivity index (χ1v) is 11.1. The maximum atomic E-state index is 12.7. The normalized spacial score (nSPS) is 12.4. The number of rotatable bonds is 5. The number of thioether (sulfide) groups is 1. The molecular formula is C19H17N3OS3. The van der Waals surface area contributed by atoms with E-state index in [9.17, 15) is 4.79 Å². The number of nitrogens with one attached hydrogen (secondary N) is 2. The van der Waals surface area contributed by atoms with E-state index >= 15 is 0 Å². The number of nitrogens with zero attached hydrogens (tertiary/aromatic N) is 1. The van der Waals surface area contributed by atoms with Crippen LogP contribution in [0.3, 0.4) is 0 Å². The second kappa shape index (κ2) is 7.26. The van der Waals surface area contributed by atoms with Crippen LogP contribution in [0.1, 0.15) is 18.8 Å². The van der Waals surface area contributed by atoms with E-state index in [2.05, 4.69) is 28.7 Å². The number of benzene rings is 1. The highest BCUT2D eigenvalue weighted by atomic mass is 32.2. The molecule has 0 radical (unpaired) electrons. The standard InChI is InChI=1S/C19H17N3OS3/c1-11(20-12-5-3-6-13(9-12)24-2)17-21-18(23)16-14(10-26-19(16)22-17)15-7-4-8-25-15/h3-11,20H,1-2H3,(H,21,22,23). The molecule has 0 amide bonds. The van der Waals surface area contributed by atoms with Gasteiger partial charge in [0.15, 0.2) is 0 Å². The molecule has 26 heavy (non-hydrogen) atoms. The van der Waals surface area contributed by atoms with Crippen molar-refractivity contribution in [2.45, 2.75) is 17.9 Å². The van der Waals surface area contributed by atoms with Gasteiger partial charge >= 0.3 is 0 Å². The van der Waals surface area contributed by atoms with Crippen LogP contribution in [0.4, 0.5) is 5.69 Å². The van der Waals surface area contributed by atoms with Crippen molar-refractivity contribution < 1.29 is 0 Å². The topological polar surface area (TPSA) is 57.8 Å². The summed E-state index contributed by atoms with van der Waals surface area (Å²) in [4.78, 5) is 23.5. The third kappa shape index (κ3) is 3.30. The molecule has 3 aromatic heterocycles. The molecule has 7 heteroatoms. The van der Waals surface area contributed by atoms with Crippen LogP contribution in [-0.4, -0.2) is 16.2 Å². The molecule has 4 rings (SSSR count). The number of fused-ring (bicyclic) bond motifs is 1. The van der Waals surface area contributed by atoms with E-state index in [-0.39, 0.29) is 11.6 Å². The lowest BCUT2D eigenvalue weighted by atomic mass is 10.2. The number of aromatic amines is 1. The fourth-order valence-electron chi connectivity index (χ4n) is 2.82. The van der Waals surface area contributed by atoms with E-state index in [1.807, 2.05) is 41.9 Å². The molecule has 0 aliphatic rings. The fourth-order valence-corrected chi connectivity index (χ4v) is 5.04. The lowest BCUT2D eigenvalue weighted by molar-refractivity contribution is 0.792. The number of thiophene rings is 2. The number of anilines is 1. The van der Waals surface area contributed by atoms with E-state index in [4.69, 9.17) is 4.98 Å². The van der Waals surface area contributed by atoms with E-state index in [1.165, 1.54) is 16.2 Å². The van der Waals surface area contributed by atoms with Gasteiger partial charge in [-0.15, -0.1) is 34.4 Å². The third-order valence-electron chi connectivity index (χ3n) is 4.11. The second-order valence-corrected chi connectivity index (χ2v) is 8.54. The molecule has 0 saturated carbocycles. The highest BCUT2D eigenvalue weighted by Crippen LogP contribution is 2.34. The van der Waals surface area contributed by atoms with Gasteiger partial charge in [-0.25, -0.2) is 4.98 Å². The number of aromatic nitrogens is 2. The molecule has 1 aromatic carbocycles. The maximum Gasteiger partial charge on any atom is 0.260 e. The van der Waals surface area contributed by atoms with E-state index in [0.717, 1.165) is 21.0 Å². The minimum absolute atomic E-state index is 0.0823. The molecule has 4 aromatic rings. The van der Waals surface area contributed by atoms with Gasteiger partial charge in [-0.3, -0.25) is 4.79 Å². The molecule has 0 saturated heterocycles. The Labute approximate surface area is 163 Å². The smallest absolute Gasteiger partial charge is 0.260 e. The molecule has 132 valence electrons. The fraction of sp³-hybridized carbons (Fsp3) is 0.158. The van der Waals surface area contributed by atoms with Crippen molar-refractivity contribution in [2.24, 2.45) is 0 Å². The molecule has 1 atom stereocenters. The Morgan fingerprint density at radius 3 is 2.88 bits per heavy atom. The molecule has 4 nitrogen and oxygen atoms in total. The van der Waals surface area contributed by atoms with Gasteiger partial charge in [-0.1, -0.05) is 12.1 Å². The van der Waals surface area contributed by atoms with Gasteiger partial charge in [-0.05, 0) is 42.8 Å². The minimum Gasteiger partial charge on any atom is -0.375 e. The summed E-state index contributed by atoms with van der Waals surface area (Å²) >= 11 is 4.85. The van der Waals surface area contributed by atoms with Gasteiger partial charge in [0.2, 0.25) is 0 Å². The van der Waals surface area contributed by atoms with E-state index < -0.39 is 0 Å². The van der Waals surface area contributed by atoms with Crippen molar-refractivity contribution >= 4 is 50.3 Å². The summed E-state index contributed by atoms with van der Waals surface area (Å²) in [7, 11) is 0. The van der Waals surface area contributed by atoms with Crippen LogP contribution in [0, 0.1) is 0 Å². The monoisotopic (exact) mass is 399 g/mol. The van der Waals surface area contributed by atoms with Crippen LogP contribution < -0.4 is 10.9 Å². The summed E-state index contributed by atoms with van der Waals surface area (Å²) in [6.45, 7) is 2.00. The molecule has 2 N–H and O–H groups in total. The average Bonchev–Trinajstić information content (AvgIpc) is 3.31. The zero-order chi connectivity index (χ0) is 18.1. The van der Waals surface area contributed by atoms with Crippen LogP contribution in [0.5, 0.6) is 0 Å². The van der Waals surface area contributed by atoms with Crippen LogP contribution in [0.25, 0.3) is 20.7 Å². The van der Waals surface area contributed by atoms with E-state index in [0.29, 0.717) is 11.2 Å². The van der Waals surface area contributed by atoms with Crippen molar-refractivity contribution in [3.63, 3.8) is 0 Å². The first-order valence-electron chi connectivity index (χ1n) is 8.11. The van der Waals surface area contributed by atoms with Crippen LogP contribution in [0.15, 0.2) is 56.8 Å². The molecule has 0 fully saturated rings. The van der Waals surface area contributed by atoms with Crippen LogP contribution in [0.2, 0.25) is 0 Å². The van der Waals surface area contributed by atoms with Gasteiger partial charge in [0, 0.05) is 26.4 Å². The summed E-state index contributed by atoms with van der Waals surface area (Å²) < 4.78 is 0. The molecule has 0 bridgehead atoms. The van der Waals surface area contributed by atoms with Gasteiger partial charge in [0.25, 0.3) is 5.56 Å². The van der Waals surface area contributed by atoms with Crippen molar-refractivity contribution in [1.29, 1.82) is 0 Å². The quantitative estimate of drug-likeness (QED) is 0.428.